The number of carbonyl (C=O) groups is 1. The highest BCUT2D eigenvalue weighted by molar-refractivity contribution is 14.1. The summed E-state index contributed by atoms with van der Waals surface area (Å²) in [5.41, 5.74) is 8.71. The minimum absolute atomic E-state index is 0.179. The van der Waals surface area contributed by atoms with Crippen molar-refractivity contribution in [3.63, 3.8) is 0 Å². The van der Waals surface area contributed by atoms with Crippen LogP contribution in [0.4, 0.5) is 5.69 Å². The molecular formula is C8H7IN4O. The predicted molar refractivity (Wildman–Crippen MR) is 61.8 cm³/mol. The Hall–Kier alpha value is -1.27. The summed E-state index contributed by atoms with van der Waals surface area (Å²) < 4.78 is 1.03. The van der Waals surface area contributed by atoms with E-state index < -0.39 is 0 Å². The molecule has 6 heteroatoms. The molecule has 0 unspecified atom stereocenters. The number of nitrogens with zero attached hydrogens (tertiary/aromatic N) is 3. The molecule has 1 aromatic carbocycles. The van der Waals surface area contributed by atoms with Crippen molar-refractivity contribution in [3.05, 3.63) is 38.3 Å². The Labute approximate surface area is 94.3 Å². The summed E-state index contributed by atoms with van der Waals surface area (Å²) in [5, 5.41) is 5.77. The first-order valence-electron chi connectivity index (χ1n) is 3.78. The molecule has 14 heavy (non-hydrogen) atoms. The van der Waals surface area contributed by atoms with Crippen molar-refractivity contribution in [3.8, 4) is 0 Å². The number of azide groups is 1. The third kappa shape index (κ3) is 3.63. The van der Waals surface area contributed by atoms with Gasteiger partial charge in [-0.3, -0.25) is 4.79 Å². The highest BCUT2D eigenvalue weighted by atomic mass is 127. The van der Waals surface area contributed by atoms with Crippen molar-refractivity contribution in [2.75, 3.05) is 11.9 Å². The van der Waals surface area contributed by atoms with Crippen LogP contribution in [0.3, 0.4) is 0 Å². The number of hydrogen-bond donors (Lipinski definition) is 1. The van der Waals surface area contributed by atoms with Gasteiger partial charge in [-0.2, -0.15) is 0 Å². The number of carbonyl (C=O) groups excluding carboxylic acids is 1. The zero-order valence-electron chi connectivity index (χ0n) is 7.14. The van der Waals surface area contributed by atoms with Crippen molar-refractivity contribution in [2.45, 2.75) is 0 Å². The van der Waals surface area contributed by atoms with Gasteiger partial charge in [0.15, 0.2) is 0 Å². The Morgan fingerprint density at radius 2 is 2.43 bits per heavy atom. The maximum absolute atomic E-state index is 11.1. The predicted octanol–water partition coefficient (Wildman–Crippen LogP) is 2.54. The quantitative estimate of drug-likeness (QED) is 0.396. The van der Waals surface area contributed by atoms with E-state index in [4.69, 9.17) is 5.53 Å². The molecule has 0 aromatic heterocycles. The van der Waals surface area contributed by atoms with E-state index >= 15 is 0 Å². The molecule has 0 aliphatic carbocycles. The molecule has 0 heterocycles. The molecule has 72 valence electrons. The van der Waals surface area contributed by atoms with Gasteiger partial charge in [-0.05, 0) is 46.3 Å². The van der Waals surface area contributed by atoms with E-state index in [1.807, 2.05) is 18.2 Å². The summed E-state index contributed by atoms with van der Waals surface area (Å²) in [4.78, 5) is 13.6. The van der Waals surface area contributed by atoms with Crippen LogP contribution in [-0.2, 0) is 4.79 Å². The number of nitrogens with one attached hydrogen (secondary N) is 1. The molecule has 5 nitrogen and oxygen atoms in total. The van der Waals surface area contributed by atoms with E-state index in [1.54, 1.807) is 6.07 Å². The van der Waals surface area contributed by atoms with Crippen molar-refractivity contribution in [1.82, 2.24) is 0 Å². The molecule has 0 saturated heterocycles. The van der Waals surface area contributed by atoms with E-state index in [0.29, 0.717) is 5.69 Å². The Balaban J connectivity index is 2.60. The minimum Gasteiger partial charge on any atom is -0.326 e. The van der Waals surface area contributed by atoms with Crippen molar-refractivity contribution in [2.24, 2.45) is 5.11 Å². The largest absolute Gasteiger partial charge is 0.326 e. The Bertz CT molecular complexity index is 387. The van der Waals surface area contributed by atoms with Gasteiger partial charge in [0.05, 0.1) is 0 Å². The van der Waals surface area contributed by atoms with Gasteiger partial charge in [-0.15, -0.1) is 0 Å². The molecule has 0 aliphatic rings. The lowest BCUT2D eigenvalue weighted by Crippen LogP contribution is -2.14. The fourth-order valence-electron chi connectivity index (χ4n) is 0.863. The van der Waals surface area contributed by atoms with Gasteiger partial charge in [-0.1, -0.05) is 11.2 Å². The van der Waals surface area contributed by atoms with Gasteiger partial charge in [0, 0.05) is 14.2 Å². The van der Waals surface area contributed by atoms with Crippen LogP contribution >= 0.6 is 22.6 Å². The molecule has 0 fully saturated rings. The summed E-state index contributed by atoms with van der Waals surface area (Å²) in [5.74, 6) is -0.315. The number of anilines is 1. The van der Waals surface area contributed by atoms with Gasteiger partial charge >= 0.3 is 0 Å². The molecule has 0 radical (unpaired) electrons. The molecule has 0 bridgehead atoms. The smallest absolute Gasteiger partial charge is 0.230 e. The first kappa shape index (κ1) is 10.8. The second-order valence-corrected chi connectivity index (χ2v) is 3.69. The maximum Gasteiger partial charge on any atom is 0.230 e. The van der Waals surface area contributed by atoms with Gasteiger partial charge in [-0.25, -0.2) is 0 Å². The number of benzene rings is 1. The third-order valence-corrected chi connectivity index (χ3v) is 2.06. The molecule has 1 N–H and O–H groups in total. The highest BCUT2D eigenvalue weighted by Gasteiger charge is 1.99. The summed E-state index contributed by atoms with van der Waals surface area (Å²) in [7, 11) is 0. The van der Waals surface area contributed by atoms with E-state index in [-0.39, 0.29) is 12.5 Å². The van der Waals surface area contributed by atoms with Crippen LogP contribution in [0.15, 0.2) is 29.4 Å². The summed E-state index contributed by atoms with van der Waals surface area (Å²) in [6.45, 7) is -0.179. The van der Waals surface area contributed by atoms with Crippen molar-refractivity contribution in [1.29, 1.82) is 0 Å². The van der Waals surface area contributed by atoms with Gasteiger partial charge < -0.3 is 5.32 Å². The summed E-state index contributed by atoms with van der Waals surface area (Å²) >= 11 is 2.15. The Morgan fingerprint density at radius 1 is 1.64 bits per heavy atom. The number of rotatable bonds is 3. The fourth-order valence-corrected chi connectivity index (χ4v) is 1.41. The highest BCUT2D eigenvalue weighted by Crippen LogP contribution is 2.11. The number of amides is 1. The first-order valence-corrected chi connectivity index (χ1v) is 4.86. The molecular weight excluding hydrogens is 295 g/mol. The monoisotopic (exact) mass is 302 g/mol. The number of hydrogen-bond acceptors (Lipinski definition) is 2. The van der Waals surface area contributed by atoms with Crippen molar-refractivity contribution < 1.29 is 4.79 Å². The molecule has 0 spiro atoms. The van der Waals surface area contributed by atoms with Gasteiger partial charge in [0.25, 0.3) is 0 Å². The standard InChI is InChI=1S/C8H7IN4O/c9-6-2-1-3-7(4-6)12-8(14)5-11-13-10/h1-4H,5H2,(H,12,14). The van der Waals surface area contributed by atoms with Gasteiger partial charge in [0.2, 0.25) is 5.91 Å². The average Bonchev–Trinajstić information content (AvgIpc) is 2.15. The average molecular weight is 302 g/mol. The van der Waals surface area contributed by atoms with E-state index in [1.165, 1.54) is 0 Å². The number of halogens is 1. The van der Waals surface area contributed by atoms with Crippen LogP contribution in [-0.4, -0.2) is 12.5 Å². The first-order chi connectivity index (χ1) is 6.72. The molecule has 0 saturated carbocycles. The van der Waals surface area contributed by atoms with E-state index in [9.17, 15) is 4.79 Å². The zero-order chi connectivity index (χ0) is 10.4. The lowest BCUT2D eigenvalue weighted by Gasteiger charge is -2.02. The van der Waals surface area contributed by atoms with Crippen LogP contribution in [0.25, 0.3) is 10.4 Å². The van der Waals surface area contributed by atoms with Gasteiger partial charge in [0.1, 0.15) is 6.54 Å². The van der Waals surface area contributed by atoms with Crippen LogP contribution in [0.1, 0.15) is 0 Å². The second-order valence-electron chi connectivity index (χ2n) is 2.45. The molecule has 0 atom stereocenters. The summed E-state index contributed by atoms with van der Waals surface area (Å²) in [6.07, 6.45) is 0. The van der Waals surface area contributed by atoms with Crippen LogP contribution in [0, 0.1) is 3.57 Å². The topological polar surface area (TPSA) is 77.9 Å². The minimum atomic E-state index is -0.315. The van der Waals surface area contributed by atoms with Crippen molar-refractivity contribution >= 4 is 34.2 Å². The molecule has 1 aromatic rings. The lowest BCUT2D eigenvalue weighted by molar-refractivity contribution is -0.114. The lowest BCUT2D eigenvalue weighted by atomic mass is 10.3. The Kier molecular flexibility index (Phi) is 4.21. The van der Waals surface area contributed by atoms with E-state index in [2.05, 4.69) is 37.9 Å². The molecule has 1 rings (SSSR count). The fraction of sp³-hybridized carbons (Fsp3) is 0.125. The molecule has 1 amide bonds. The van der Waals surface area contributed by atoms with E-state index in [0.717, 1.165) is 3.57 Å². The van der Waals surface area contributed by atoms with Crippen LogP contribution in [0.2, 0.25) is 0 Å². The normalized spacial score (nSPS) is 8.93. The Morgan fingerprint density at radius 3 is 3.07 bits per heavy atom. The second kappa shape index (κ2) is 5.46. The van der Waals surface area contributed by atoms with Crippen LogP contribution < -0.4 is 5.32 Å². The molecule has 0 aliphatic heterocycles. The zero-order valence-corrected chi connectivity index (χ0v) is 9.30. The SMILES string of the molecule is [N-]=[N+]=NCC(=O)Nc1cccc(I)c1. The summed E-state index contributed by atoms with van der Waals surface area (Å²) in [6, 6.07) is 7.36. The maximum atomic E-state index is 11.1. The third-order valence-electron chi connectivity index (χ3n) is 1.39. The van der Waals surface area contributed by atoms with Crippen LogP contribution in [0.5, 0.6) is 0 Å².